The number of halogens is 1. The minimum absolute atomic E-state index is 0.0638. The Kier molecular flexibility index (Phi) is 6.64. The quantitative estimate of drug-likeness (QED) is 0.507. The largest absolute Gasteiger partial charge is 0.373 e. The third kappa shape index (κ3) is 4.70. The molecule has 0 spiro atoms. The number of aromatic nitrogens is 1. The summed E-state index contributed by atoms with van der Waals surface area (Å²) in [4.78, 5) is 19.6. The van der Waals surface area contributed by atoms with E-state index < -0.39 is 18.2 Å². The van der Waals surface area contributed by atoms with Crippen LogP contribution in [0.2, 0.25) is 5.02 Å². The number of rotatable bonds is 6. The number of aliphatic hydroxyl groups is 1. The van der Waals surface area contributed by atoms with Crippen molar-refractivity contribution in [1.82, 2.24) is 9.88 Å². The summed E-state index contributed by atoms with van der Waals surface area (Å²) in [5, 5.41) is 24.3. The molecule has 168 valence electrons. The summed E-state index contributed by atoms with van der Waals surface area (Å²) in [6.45, 7) is 4.66. The fourth-order valence-electron chi connectivity index (χ4n) is 4.50. The molecule has 2 aromatic carbocycles. The first kappa shape index (κ1) is 22.8. The number of anilines is 1. The van der Waals surface area contributed by atoms with E-state index in [9.17, 15) is 15.2 Å². The maximum Gasteiger partial charge on any atom is 0.254 e. The van der Waals surface area contributed by atoms with Gasteiger partial charge in [-0.3, -0.25) is 9.78 Å². The van der Waals surface area contributed by atoms with Gasteiger partial charge in [0.1, 0.15) is 6.23 Å². The molecule has 1 aliphatic rings. The first-order valence-electron chi connectivity index (χ1n) is 10.8. The van der Waals surface area contributed by atoms with Gasteiger partial charge in [-0.15, -0.1) is 0 Å². The van der Waals surface area contributed by atoms with Crippen molar-refractivity contribution in [2.45, 2.75) is 32.0 Å². The third-order valence-electron chi connectivity index (χ3n) is 5.76. The first-order valence-corrected chi connectivity index (χ1v) is 11.2. The van der Waals surface area contributed by atoms with Crippen LogP contribution in [0.3, 0.4) is 0 Å². The average molecular weight is 461 g/mol. The molecule has 2 N–H and O–H groups in total. The van der Waals surface area contributed by atoms with Crippen LogP contribution in [0.5, 0.6) is 0 Å². The van der Waals surface area contributed by atoms with Crippen LogP contribution in [0.25, 0.3) is 0 Å². The number of carbonyl (C=O) groups is 1. The highest BCUT2D eigenvalue weighted by Gasteiger charge is 2.44. The summed E-state index contributed by atoms with van der Waals surface area (Å²) in [5.74, 6) is -0.312. The number of nitrogens with zero attached hydrogens (tertiary/aromatic N) is 3. The number of fused-ring (bicyclic) bond motifs is 1. The maximum atomic E-state index is 13.5. The average Bonchev–Trinajstić information content (AvgIpc) is 2.80. The van der Waals surface area contributed by atoms with Crippen LogP contribution in [0.15, 0.2) is 67.0 Å². The minimum atomic E-state index is -1.07. The number of carbonyl (C=O) groups excluding carboxylic acids is 1. The molecule has 0 bridgehead atoms. The van der Waals surface area contributed by atoms with Crippen molar-refractivity contribution >= 4 is 23.2 Å². The Hall–Kier alpha value is -3.40. The molecule has 4 rings (SSSR count). The molecule has 7 heteroatoms. The van der Waals surface area contributed by atoms with Gasteiger partial charge in [0, 0.05) is 35.2 Å². The lowest BCUT2D eigenvalue weighted by Gasteiger charge is -2.45. The number of hydrogen-bond acceptors (Lipinski definition) is 5. The first-order chi connectivity index (χ1) is 15.9. The fraction of sp³-hybridized carbons (Fsp3) is 0.269. The van der Waals surface area contributed by atoms with E-state index in [2.05, 4.69) is 30.2 Å². The van der Waals surface area contributed by atoms with Gasteiger partial charge in [0.15, 0.2) is 0 Å². The molecule has 0 aliphatic carbocycles. The zero-order valence-electron chi connectivity index (χ0n) is 18.4. The van der Waals surface area contributed by atoms with Crippen molar-refractivity contribution < 1.29 is 9.90 Å². The Morgan fingerprint density at radius 1 is 1.21 bits per heavy atom. The summed E-state index contributed by atoms with van der Waals surface area (Å²) < 4.78 is 0. The summed E-state index contributed by atoms with van der Waals surface area (Å²) in [6, 6.07) is 17.7. The number of benzene rings is 2. The van der Waals surface area contributed by atoms with Gasteiger partial charge < -0.3 is 15.3 Å². The van der Waals surface area contributed by atoms with Crippen molar-refractivity contribution in [3.05, 3.63) is 94.3 Å². The monoisotopic (exact) mass is 460 g/mol. The Labute approximate surface area is 198 Å². The predicted octanol–water partition coefficient (Wildman–Crippen LogP) is 4.97. The summed E-state index contributed by atoms with van der Waals surface area (Å²) in [7, 11) is 0. The predicted molar refractivity (Wildman–Crippen MR) is 128 cm³/mol. The molecule has 3 aromatic rings. The van der Waals surface area contributed by atoms with E-state index in [1.807, 2.05) is 35.2 Å². The molecule has 6 nitrogen and oxygen atoms in total. The lowest BCUT2D eigenvalue weighted by molar-refractivity contribution is 0.0441. The Balaban J connectivity index is 1.83. The van der Waals surface area contributed by atoms with Gasteiger partial charge in [-0.2, -0.15) is 5.26 Å². The molecule has 3 atom stereocenters. The van der Waals surface area contributed by atoms with Gasteiger partial charge in [-0.05, 0) is 47.4 Å². The highest BCUT2D eigenvalue weighted by atomic mass is 35.5. The van der Waals surface area contributed by atoms with E-state index >= 15 is 0 Å². The molecule has 33 heavy (non-hydrogen) atoms. The van der Waals surface area contributed by atoms with Crippen LogP contribution >= 0.6 is 11.6 Å². The number of amides is 1. The minimum Gasteiger partial charge on any atom is -0.373 e. The second-order valence-corrected chi connectivity index (χ2v) is 9.06. The van der Waals surface area contributed by atoms with Gasteiger partial charge >= 0.3 is 0 Å². The Morgan fingerprint density at radius 3 is 2.70 bits per heavy atom. The zero-order chi connectivity index (χ0) is 23.5. The fourth-order valence-corrected chi connectivity index (χ4v) is 4.73. The molecular formula is C26H25ClN4O2. The molecule has 0 fully saturated rings. The van der Waals surface area contributed by atoms with E-state index in [1.54, 1.807) is 36.7 Å². The number of hydrogen-bond donors (Lipinski definition) is 2. The number of nitrogens with one attached hydrogen (secondary N) is 1. The standard InChI is InChI=1S/C26H25ClN4O2/c1-16(2)15-31-24(18-6-5-9-29-14-18)23(21-7-3-4-8-22(21)26(31)33)25(32)30-20-11-17(13-28)10-19(27)12-20/h3-12,14,16,23-25,30,32H,15H2,1-2H3/t23-,24+,25?/m0/s1. The smallest absolute Gasteiger partial charge is 0.254 e. The van der Waals surface area contributed by atoms with E-state index in [1.165, 1.54) is 0 Å². The second-order valence-electron chi connectivity index (χ2n) is 8.63. The normalized spacial score (nSPS) is 18.5. The van der Waals surface area contributed by atoms with Crippen molar-refractivity contribution in [1.29, 1.82) is 5.26 Å². The summed E-state index contributed by atoms with van der Waals surface area (Å²) in [6.07, 6.45) is 2.36. The number of pyridine rings is 1. The summed E-state index contributed by atoms with van der Waals surface area (Å²) in [5.41, 5.74) is 3.10. The van der Waals surface area contributed by atoms with Gasteiger partial charge in [-0.25, -0.2) is 0 Å². The van der Waals surface area contributed by atoms with Gasteiger partial charge in [0.05, 0.1) is 23.6 Å². The molecule has 1 unspecified atom stereocenters. The molecule has 0 saturated carbocycles. The van der Waals surface area contributed by atoms with Crippen molar-refractivity contribution in [3.8, 4) is 6.07 Å². The van der Waals surface area contributed by atoms with E-state index in [-0.39, 0.29) is 11.8 Å². The lowest BCUT2D eigenvalue weighted by Crippen LogP contribution is -2.48. The number of nitriles is 1. The van der Waals surface area contributed by atoms with Crippen molar-refractivity contribution in [2.24, 2.45) is 5.92 Å². The number of aliphatic hydroxyl groups excluding tert-OH is 1. The molecule has 1 amide bonds. The molecule has 2 heterocycles. The van der Waals surface area contributed by atoms with Crippen molar-refractivity contribution in [2.75, 3.05) is 11.9 Å². The Bertz CT molecular complexity index is 1190. The van der Waals surface area contributed by atoms with Gasteiger partial charge in [-0.1, -0.05) is 49.7 Å². The molecule has 0 saturated heterocycles. The Morgan fingerprint density at radius 2 is 2.00 bits per heavy atom. The third-order valence-corrected chi connectivity index (χ3v) is 5.97. The van der Waals surface area contributed by atoms with Crippen LogP contribution < -0.4 is 5.32 Å². The second kappa shape index (κ2) is 9.62. The van der Waals surface area contributed by atoms with Gasteiger partial charge in [0.2, 0.25) is 0 Å². The highest BCUT2D eigenvalue weighted by Crippen LogP contribution is 2.44. The maximum absolute atomic E-state index is 13.5. The zero-order valence-corrected chi connectivity index (χ0v) is 19.2. The molecule has 0 radical (unpaired) electrons. The van der Waals surface area contributed by atoms with Crippen LogP contribution in [-0.4, -0.2) is 33.7 Å². The topological polar surface area (TPSA) is 89.3 Å². The molecule has 1 aromatic heterocycles. The van der Waals surface area contributed by atoms with Crippen LogP contribution in [0.4, 0.5) is 5.69 Å². The van der Waals surface area contributed by atoms with E-state index in [0.717, 1.165) is 11.1 Å². The molecular weight excluding hydrogens is 436 g/mol. The SMILES string of the molecule is CC(C)CN1C(=O)c2ccccc2[C@H](C(O)Nc2cc(Cl)cc(C#N)c2)[C@H]1c1cccnc1. The van der Waals surface area contributed by atoms with Crippen LogP contribution in [0.1, 0.15) is 52.9 Å². The van der Waals surface area contributed by atoms with Crippen LogP contribution in [-0.2, 0) is 0 Å². The lowest BCUT2D eigenvalue weighted by atomic mass is 9.78. The van der Waals surface area contributed by atoms with Gasteiger partial charge in [0.25, 0.3) is 5.91 Å². The van der Waals surface area contributed by atoms with Crippen LogP contribution in [0, 0.1) is 17.2 Å². The summed E-state index contributed by atoms with van der Waals surface area (Å²) >= 11 is 6.17. The van der Waals surface area contributed by atoms with Crippen molar-refractivity contribution in [3.63, 3.8) is 0 Å². The molecule has 1 aliphatic heterocycles. The highest BCUT2D eigenvalue weighted by molar-refractivity contribution is 6.31. The van der Waals surface area contributed by atoms with E-state index in [4.69, 9.17) is 11.6 Å². The van der Waals surface area contributed by atoms with E-state index in [0.29, 0.717) is 28.4 Å².